The number of aromatic nitrogens is 2. The molecule has 4 rings (SSSR count). The van der Waals surface area contributed by atoms with Crippen molar-refractivity contribution in [2.75, 3.05) is 31.3 Å². The van der Waals surface area contributed by atoms with Crippen LogP contribution in [-0.2, 0) is 14.8 Å². The first-order valence-corrected chi connectivity index (χ1v) is 15.4. The number of anilines is 1. The molecule has 0 unspecified atom stereocenters. The number of methoxy groups -OCH3 is 1. The maximum absolute atomic E-state index is 14.1. The molecule has 2 heterocycles. The summed E-state index contributed by atoms with van der Waals surface area (Å²) in [5.41, 5.74) is 2.21. The Morgan fingerprint density at radius 1 is 1.10 bits per heavy atom. The standard InChI is InChI=1S/C31H40N4O6S/c1-20(2)14-24-17-41-27-16-26(28-21(3)10-8-11-22(28)4)32-30(33-27)35(19-40-7)42(38,39)25-13-9-12-23(15-25)29(36)34(24)18-31(5,6)37/h8-13,15-16,20,24,37H,14,17-19H2,1-7H3/t24-/m1/s1. The Balaban J connectivity index is 2.00. The molecule has 10 nitrogen and oxygen atoms in total. The first-order valence-electron chi connectivity index (χ1n) is 13.9. The van der Waals surface area contributed by atoms with Crippen LogP contribution in [0, 0.1) is 19.8 Å². The van der Waals surface area contributed by atoms with Gasteiger partial charge in [-0.3, -0.25) is 4.79 Å². The number of fused-ring (bicyclic) bond motifs is 4. The minimum atomic E-state index is -4.28. The van der Waals surface area contributed by atoms with Crippen LogP contribution in [0.15, 0.2) is 53.4 Å². The molecular weight excluding hydrogens is 556 g/mol. The lowest BCUT2D eigenvalue weighted by molar-refractivity contribution is 0.00836. The van der Waals surface area contributed by atoms with Crippen molar-refractivity contribution >= 4 is 21.9 Å². The third-order valence-corrected chi connectivity index (χ3v) is 8.69. The van der Waals surface area contributed by atoms with Crippen molar-refractivity contribution in [2.24, 2.45) is 5.92 Å². The van der Waals surface area contributed by atoms with Gasteiger partial charge in [-0.2, -0.15) is 4.98 Å². The van der Waals surface area contributed by atoms with Gasteiger partial charge in [-0.25, -0.2) is 17.7 Å². The van der Waals surface area contributed by atoms with Gasteiger partial charge in [-0.15, -0.1) is 0 Å². The number of aryl methyl sites for hydroxylation is 2. The van der Waals surface area contributed by atoms with E-state index in [1.807, 2.05) is 45.9 Å². The van der Waals surface area contributed by atoms with E-state index in [2.05, 4.69) is 4.98 Å². The van der Waals surface area contributed by atoms with Crippen molar-refractivity contribution in [3.63, 3.8) is 0 Å². The Hall–Kier alpha value is -3.54. The molecule has 2 aromatic carbocycles. The molecule has 1 atom stereocenters. The maximum atomic E-state index is 14.1. The summed E-state index contributed by atoms with van der Waals surface area (Å²) in [7, 11) is -2.90. The van der Waals surface area contributed by atoms with E-state index >= 15 is 0 Å². The molecule has 226 valence electrons. The lowest BCUT2D eigenvalue weighted by Gasteiger charge is -2.36. The third kappa shape index (κ3) is 6.91. The lowest BCUT2D eigenvalue weighted by atomic mass is 9.99. The van der Waals surface area contributed by atoms with Crippen LogP contribution in [-0.4, -0.2) is 72.9 Å². The summed E-state index contributed by atoms with van der Waals surface area (Å²) in [5, 5.41) is 10.8. The highest BCUT2D eigenvalue weighted by atomic mass is 32.2. The molecule has 1 aliphatic rings. The number of benzene rings is 2. The summed E-state index contributed by atoms with van der Waals surface area (Å²) in [6, 6.07) is 13.0. The molecule has 1 N–H and O–H groups in total. The smallest absolute Gasteiger partial charge is 0.268 e. The summed E-state index contributed by atoms with van der Waals surface area (Å²) in [6.45, 7) is 11.0. The van der Waals surface area contributed by atoms with E-state index in [0.717, 1.165) is 21.0 Å². The van der Waals surface area contributed by atoms with Gasteiger partial charge in [0.2, 0.25) is 11.8 Å². The summed E-state index contributed by atoms with van der Waals surface area (Å²) in [6.07, 6.45) is 0.581. The van der Waals surface area contributed by atoms with Gasteiger partial charge in [0, 0.05) is 30.8 Å². The van der Waals surface area contributed by atoms with E-state index < -0.39 is 27.6 Å². The number of sulfonamides is 1. The number of ether oxygens (including phenoxy) is 2. The predicted octanol–water partition coefficient (Wildman–Crippen LogP) is 4.58. The summed E-state index contributed by atoms with van der Waals surface area (Å²) in [4.78, 5) is 24.7. The first-order chi connectivity index (χ1) is 19.7. The van der Waals surface area contributed by atoms with Gasteiger partial charge < -0.3 is 19.5 Å². The second-order valence-corrected chi connectivity index (χ2v) is 13.7. The fourth-order valence-corrected chi connectivity index (χ4v) is 6.50. The molecule has 1 aromatic heterocycles. The average molecular weight is 597 g/mol. The van der Waals surface area contributed by atoms with Gasteiger partial charge in [0.05, 0.1) is 22.2 Å². The van der Waals surface area contributed by atoms with Gasteiger partial charge in [0.1, 0.15) is 13.3 Å². The SMILES string of the molecule is COCN1c2nc(cc(-c3c(C)cccc3C)n2)OC[C@@H](CC(C)C)N(CC(C)(C)O)C(=O)c2cccc(c2)S1(=O)=O. The number of nitrogens with zero attached hydrogens (tertiary/aromatic N) is 4. The number of β-amino-alcohol motifs (C(OH)–C–C–N with tert-alkyl or cyclic N) is 1. The lowest BCUT2D eigenvalue weighted by Crippen LogP contribution is -2.50. The van der Waals surface area contributed by atoms with Crippen LogP contribution in [0.4, 0.5) is 5.95 Å². The molecule has 3 aromatic rings. The van der Waals surface area contributed by atoms with E-state index in [1.54, 1.807) is 30.9 Å². The Kier molecular flexibility index (Phi) is 9.24. The molecule has 1 aliphatic heterocycles. The number of hydrogen-bond acceptors (Lipinski definition) is 8. The highest BCUT2D eigenvalue weighted by molar-refractivity contribution is 7.92. The summed E-state index contributed by atoms with van der Waals surface area (Å²) in [5.74, 6) is -0.169. The maximum Gasteiger partial charge on any atom is 0.268 e. The third-order valence-electron chi connectivity index (χ3n) is 6.99. The van der Waals surface area contributed by atoms with Crippen molar-refractivity contribution in [1.29, 1.82) is 0 Å². The van der Waals surface area contributed by atoms with Crippen molar-refractivity contribution in [2.45, 2.75) is 64.5 Å². The van der Waals surface area contributed by atoms with Gasteiger partial charge in [-0.1, -0.05) is 38.1 Å². The minimum Gasteiger partial charge on any atom is -0.475 e. The average Bonchev–Trinajstić information content (AvgIpc) is 2.91. The van der Waals surface area contributed by atoms with Gasteiger partial charge >= 0.3 is 0 Å². The molecule has 0 saturated heterocycles. The number of carbonyl (C=O) groups excluding carboxylic acids is 1. The van der Waals surface area contributed by atoms with Crippen molar-refractivity contribution in [3.8, 4) is 17.1 Å². The van der Waals surface area contributed by atoms with E-state index in [9.17, 15) is 18.3 Å². The monoisotopic (exact) mass is 596 g/mol. The van der Waals surface area contributed by atoms with Crippen LogP contribution in [0.25, 0.3) is 11.3 Å². The molecule has 0 spiro atoms. The number of carbonyl (C=O) groups is 1. The van der Waals surface area contributed by atoms with Gasteiger partial charge in [0.15, 0.2) is 0 Å². The zero-order valence-corrected chi connectivity index (χ0v) is 26.1. The number of aliphatic hydroxyl groups is 1. The highest BCUT2D eigenvalue weighted by Gasteiger charge is 2.34. The molecule has 4 bridgehead atoms. The Labute approximate surface area is 248 Å². The van der Waals surface area contributed by atoms with E-state index in [1.165, 1.54) is 25.3 Å². The van der Waals surface area contributed by atoms with Crippen molar-refractivity contribution in [1.82, 2.24) is 14.9 Å². The fourth-order valence-electron chi connectivity index (χ4n) is 5.17. The number of amides is 1. The van der Waals surface area contributed by atoms with Crippen LogP contribution in [0.5, 0.6) is 5.88 Å². The molecular formula is C31H40N4O6S. The van der Waals surface area contributed by atoms with Crippen LogP contribution >= 0.6 is 0 Å². The molecule has 1 amide bonds. The highest BCUT2D eigenvalue weighted by Crippen LogP contribution is 2.32. The predicted molar refractivity (Wildman–Crippen MR) is 161 cm³/mol. The van der Waals surface area contributed by atoms with Crippen molar-refractivity contribution < 1.29 is 27.8 Å². The van der Waals surface area contributed by atoms with Gasteiger partial charge in [0.25, 0.3) is 15.9 Å². The second kappa shape index (κ2) is 12.4. The molecule has 0 radical (unpaired) electrons. The van der Waals surface area contributed by atoms with Gasteiger partial charge in [-0.05, 0) is 69.4 Å². The van der Waals surface area contributed by atoms with Crippen LogP contribution in [0.3, 0.4) is 0 Å². The molecule has 0 aliphatic carbocycles. The molecule has 0 saturated carbocycles. The topological polar surface area (TPSA) is 122 Å². The summed E-state index contributed by atoms with van der Waals surface area (Å²) < 4.78 is 40.7. The Morgan fingerprint density at radius 3 is 2.38 bits per heavy atom. The van der Waals surface area contributed by atoms with Crippen LogP contribution in [0.1, 0.15) is 55.6 Å². The van der Waals surface area contributed by atoms with E-state index in [0.29, 0.717) is 12.1 Å². The normalized spacial score (nSPS) is 17.4. The zero-order valence-electron chi connectivity index (χ0n) is 25.3. The second-order valence-electron chi connectivity index (χ2n) is 11.8. The molecule has 42 heavy (non-hydrogen) atoms. The van der Waals surface area contributed by atoms with E-state index in [4.69, 9.17) is 14.5 Å². The zero-order chi connectivity index (χ0) is 30.8. The fraction of sp³-hybridized carbons (Fsp3) is 0.452. The minimum absolute atomic E-state index is 0.0159. The summed E-state index contributed by atoms with van der Waals surface area (Å²) >= 11 is 0. The first kappa shape index (κ1) is 31.4. The number of hydrogen-bond donors (Lipinski definition) is 1. The molecule has 0 fully saturated rings. The molecule has 11 heteroatoms. The number of rotatable bonds is 7. The van der Waals surface area contributed by atoms with Crippen molar-refractivity contribution in [3.05, 3.63) is 65.2 Å². The van der Waals surface area contributed by atoms with Crippen LogP contribution in [0.2, 0.25) is 0 Å². The Morgan fingerprint density at radius 2 is 1.76 bits per heavy atom. The van der Waals surface area contributed by atoms with E-state index in [-0.39, 0.29) is 48.1 Å². The quantitative estimate of drug-likeness (QED) is 0.421. The van der Waals surface area contributed by atoms with Crippen LogP contribution < -0.4 is 9.04 Å². The Bertz CT molecular complexity index is 1530. The largest absolute Gasteiger partial charge is 0.475 e.